The molecule has 0 fully saturated rings. The van der Waals surface area contributed by atoms with Crippen molar-refractivity contribution in [1.29, 1.82) is 0 Å². The Bertz CT molecular complexity index is 433. The standard InChI is InChI=1S/C10H15N5O2/c1-5-3-8(11)14-6(2)9(5)10(17)7(16)4-13-15-12/h3,7,10,16-17H,4H2,1-2H3,(H2,11,14). The van der Waals surface area contributed by atoms with Crippen molar-refractivity contribution in [3.63, 3.8) is 0 Å². The van der Waals surface area contributed by atoms with E-state index in [0.29, 0.717) is 17.1 Å². The summed E-state index contributed by atoms with van der Waals surface area (Å²) in [6.45, 7) is 3.27. The fourth-order valence-electron chi connectivity index (χ4n) is 1.73. The molecule has 92 valence electrons. The third-order valence-electron chi connectivity index (χ3n) is 2.47. The molecule has 0 saturated carbocycles. The van der Waals surface area contributed by atoms with Gasteiger partial charge in [0.25, 0.3) is 0 Å². The van der Waals surface area contributed by atoms with Crippen molar-refractivity contribution < 1.29 is 10.2 Å². The van der Waals surface area contributed by atoms with Crippen LogP contribution >= 0.6 is 0 Å². The van der Waals surface area contributed by atoms with E-state index in [9.17, 15) is 10.2 Å². The average Bonchev–Trinajstić information content (AvgIpc) is 2.24. The van der Waals surface area contributed by atoms with Crippen LogP contribution in [0.25, 0.3) is 10.4 Å². The van der Waals surface area contributed by atoms with Gasteiger partial charge in [-0.2, -0.15) is 0 Å². The highest BCUT2D eigenvalue weighted by Crippen LogP contribution is 2.25. The number of aliphatic hydroxyl groups is 2. The maximum Gasteiger partial charge on any atom is 0.123 e. The van der Waals surface area contributed by atoms with Crippen molar-refractivity contribution >= 4 is 5.82 Å². The molecule has 4 N–H and O–H groups in total. The Hall–Kier alpha value is -1.82. The SMILES string of the molecule is Cc1cc(N)nc(C)c1C(O)C(O)CN=[N+]=[N-]. The molecule has 0 saturated heterocycles. The van der Waals surface area contributed by atoms with Crippen LogP contribution < -0.4 is 5.73 Å². The Morgan fingerprint density at radius 2 is 2.18 bits per heavy atom. The molecule has 1 aromatic rings. The molecule has 0 aliphatic heterocycles. The molecule has 7 nitrogen and oxygen atoms in total. The van der Waals surface area contributed by atoms with E-state index < -0.39 is 12.2 Å². The quantitative estimate of drug-likeness (QED) is 0.409. The number of azide groups is 1. The Balaban J connectivity index is 3.03. The Labute approximate surface area is 98.5 Å². The fourth-order valence-corrected chi connectivity index (χ4v) is 1.73. The normalized spacial score (nSPS) is 13.9. The van der Waals surface area contributed by atoms with Gasteiger partial charge in [0.2, 0.25) is 0 Å². The van der Waals surface area contributed by atoms with Crippen molar-refractivity contribution in [3.8, 4) is 0 Å². The van der Waals surface area contributed by atoms with E-state index in [1.807, 2.05) is 0 Å². The summed E-state index contributed by atoms with van der Waals surface area (Å²) in [6.07, 6.45) is -2.30. The van der Waals surface area contributed by atoms with E-state index in [1.54, 1.807) is 19.9 Å². The van der Waals surface area contributed by atoms with E-state index in [-0.39, 0.29) is 6.54 Å². The molecule has 0 radical (unpaired) electrons. The van der Waals surface area contributed by atoms with Gasteiger partial charge in [0, 0.05) is 16.2 Å². The predicted molar refractivity (Wildman–Crippen MR) is 63.1 cm³/mol. The number of hydrogen-bond donors (Lipinski definition) is 3. The molecular formula is C10H15N5O2. The van der Waals surface area contributed by atoms with E-state index in [2.05, 4.69) is 15.0 Å². The first-order chi connectivity index (χ1) is 7.97. The van der Waals surface area contributed by atoms with Crippen LogP contribution in [-0.2, 0) is 0 Å². The number of nitrogen functional groups attached to an aromatic ring is 1. The highest BCUT2D eigenvalue weighted by atomic mass is 16.3. The largest absolute Gasteiger partial charge is 0.390 e. The third-order valence-corrected chi connectivity index (χ3v) is 2.47. The number of nitrogens with two attached hydrogens (primary N) is 1. The van der Waals surface area contributed by atoms with Gasteiger partial charge in [0.05, 0.1) is 12.6 Å². The minimum atomic E-state index is -1.16. The average molecular weight is 237 g/mol. The highest BCUT2D eigenvalue weighted by Gasteiger charge is 2.22. The maximum atomic E-state index is 9.95. The third kappa shape index (κ3) is 3.07. The summed E-state index contributed by atoms with van der Waals surface area (Å²) in [4.78, 5) is 6.55. The maximum absolute atomic E-state index is 9.95. The van der Waals surface area contributed by atoms with Crippen LogP contribution in [0.5, 0.6) is 0 Å². The zero-order valence-corrected chi connectivity index (χ0v) is 9.70. The second kappa shape index (κ2) is 5.49. The lowest BCUT2D eigenvalue weighted by atomic mass is 9.98. The van der Waals surface area contributed by atoms with Crippen LogP contribution in [0.2, 0.25) is 0 Å². The first-order valence-corrected chi connectivity index (χ1v) is 5.08. The number of aryl methyl sites for hydroxylation is 2. The lowest BCUT2D eigenvalue weighted by Gasteiger charge is -2.20. The summed E-state index contributed by atoms with van der Waals surface area (Å²) in [7, 11) is 0. The number of nitrogens with zero attached hydrogens (tertiary/aromatic N) is 4. The molecule has 0 aromatic carbocycles. The van der Waals surface area contributed by atoms with Crippen molar-refractivity contribution in [1.82, 2.24) is 4.98 Å². The molecule has 0 aliphatic rings. The second-order valence-corrected chi connectivity index (χ2v) is 3.79. The number of rotatable bonds is 4. The summed E-state index contributed by atoms with van der Waals surface area (Å²) in [5, 5.41) is 22.8. The zero-order valence-electron chi connectivity index (χ0n) is 9.70. The monoisotopic (exact) mass is 237 g/mol. The van der Waals surface area contributed by atoms with E-state index in [4.69, 9.17) is 11.3 Å². The van der Waals surface area contributed by atoms with Crippen LogP contribution in [0.1, 0.15) is 22.9 Å². The molecule has 0 bridgehead atoms. The van der Waals surface area contributed by atoms with Crippen LogP contribution in [0.4, 0.5) is 5.82 Å². The van der Waals surface area contributed by atoms with Crippen LogP contribution in [-0.4, -0.2) is 27.8 Å². The van der Waals surface area contributed by atoms with Gasteiger partial charge in [-0.05, 0) is 31.0 Å². The lowest BCUT2D eigenvalue weighted by Crippen LogP contribution is -2.23. The molecular weight excluding hydrogens is 222 g/mol. The summed E-state index contributed by atoms with van der Waals surface area (Å²) < 4.78 is 0. The van der Waals surface area contributed by atoms with Crippen molar-refractivity contribution in [2.45, 2.75) is 26.1 Å². The van der Waals surface area contributed by atoms with Gasteiger partial charge in [0.1, 0.15) is 11.9 Å². The number of anilines is 1. The first kappa shape index (κ1) is 13.2. The first-order valence-electron chi connectivity index (χ1n) is 5.08. The molecule has 0 amide bonds. The van der Waals surface area contributed by atoms with Gasteiger partial charge < -0.3 is 15.9 Å². The minimum Gasteiger partial charge on any atom is -0.390 e. The van der Waals surface area contributed by atoms with Crippen LogP contribution in [0.15, 0.2) is 11.2 Å². The molecule has 2 atom stereocenters. The number of hydrogen-bond acceptors (Lipinski definition) is 5. The lowest BCUT2D eigenvalue weighted by molar-refractivity contribution is 0.0234. The second-order valence-electron chi connectivity index (χ2n) is 3.79. The Morgan fingerprint density at radius 1 is 1.53 bits per heavy atom. The molecule has 0 aliphatic carbocycles. The number of pyridine rings is 1. The van der Waals surface area contributed by atoms with E-state index >= 15 is 0 Å². The van der Waals surface area contributed by atoms with E-state index in [0.717, 1.165) is 5.56 Å². The number of aliphatic hydroxyl groups excluding tert-OH is 2. The molecule has 7 heteroatoms. The summed E-state index contributed by atoms with van der Waals surface area (Å²) in [6, 6.07) is 1.62. The molecule has 0 spiro atoms. The van der Waals surface area contributed by atoms with Gasteiger partial charge >= 0.3 is 0 Å². The Morgan fingerprint density at radius 3 is 2.71 bits per heavy atom. The molecule has 1 aromatic heterocycles. The highest BCUT2D eigenvalue weighted by molar-refractivity contribution is 5.41. The topological polar surface area (TPSA) is 128 Å². The zero-order chi connectivity index (χ0) is 13.0. The minimum absolute atomic E-state index is 0.194. The van der Waals surface area contributed by atoms with Crippen LogP contribution in [0, 0.1) is 13.8 Å². The van der Waals surface area contributed by atoms with Crippen molar-refractivity contribution in [2.75, 3.05) is 12.3 Å². The summed E-state index contributed by atoms with van der Waals surface area (Å²) >= 11 is 0. The smallest absolute Gasteiger partial charge is 0.123 e. The molecule has 1 heterocycles. The van der Waals surface area contributed by atoms with Gasteiger partial charge in [-0.25, -0.2) is 4.98 Å². The molecule has 17 heavy (non-hydrogen) atoms. The van der Waals surface area contributed by atoms with Gasteiger partial charge in [-0.1, -0.05) is 5.11 Å². The fraction of sp³-hybridized carbons (Fsp3) is 0.500. The summed E-state index contributed by atoms with van der Waals surface area (Å²) in [5.74, 6) is 0.362. The summed E-state index contributed by atoms with van der Waals surface area (Å²) in [5.41, 5.74) is 15.5. The molecule has 2 unspecified atom stereocenters. The predicted octanol–water partition coefficient (Wildman–Crippen LogP) is 0.985. The van der Waals surface area contributed by atoms with Crippen molar-refractivity contribution in [2.24, 2.45) is 5.11 Å². The van der Waals surface area contributed by atoms with Gasteiger partial charge in [-0.3, -0.25) is 0 Å². The van der Waals surface area contributed by atoms with Crippen molar-refractivity contribution in [3.05, 3.63) is 33.3 Å². The van der Waals surface area contributed by atoms with E-state index in [1.165, 1.54) is 0 Å². The molecule has 1 rings (SSSR count). The van der Waals surface area contributed by atoms with Gasteiger partial charge in [-0.15, -0.1) is 0 Å². The number of aromatic nitrogens is 1. The Kier molecular flexibility index (Phi) is 4.28. The van der Waals surface area contributed by atoms with Crippen LogP contribution in [0.3, 0.4) is 0 Å². The van der Waals surface area contributed by atoms with Gasteiger partial charge in [0.15, 0.2) is 0 Å².